The molecular weight excluding hydrogens is 403 g/mol. The monoisotopic (exact) mass is 428 g/mol. The van der Waals surface area contributed by atoms with Crippen molar-refractivity contribution in [2.75, 3.05) is 18.2 Å². The van der Waals surface area contributed by atoms with Crippen molar-refractivity contribution in [1.82, 2.24) is 14.8 Å². The minimum Gasteiger partial charge on any atom is -0.497 e. The number of methoxy groups -OCH3 is 1. The van der Waals surface area contributed by atoms with Gasteiger partial charge in [0.25, 0.3) is 0 Å². The van der Waals surface area contributed by atoms with E-state index in [-0.39, 0.29) is 17.5 Å². The van der Waals surface area contributed by atoms with Crippen LogP contribution in [0.4, 0.5) is 10.1 Å². The van der Waals surface area contributed by atoms with Crippen LogP contribution in [0.25, 0.3) is 0 Å². The first-order chi connectivity index (χ1) is 14.5. The molecule has 1 aromatic heterocycles. The van der Waals surface area contributed by atoms with E-state index in [1.165, 1.54) is 29.5 Å². The van der Waals surface area contributed by atoms with Gasteiger partial charge in [-0.2, -0.15) is 0 Å². The van der Waals surface area contributed by atoms with Crippen LogP contribution in [0.3, 0.4) is 0 Å². The van der Waals surface area contributed by atoms with Crippen LogP contribution in [0.2, 0.25) is 0 Å². The standard InChI is InChI=1S/C22H25FN4O2S/c1-15-13-17(23)9-12-19(15)24-21(28)14-30-22-26-25-20(27(22)2)6-4-5-16-7-10-18(29-3)11-8-16/h7-13H,4-6,14H2,1-3H3,(H,24,28). The van der Waals surface area contributed by atoms with Gasteiger partial charge < -0.3 is 14.6 Å². The molecule has 2 aromatic carbocycles. The third-order valence-electron chi connectivity index (χ3n) is 4.74. The maximum Gasteiger partial charge on any atom is 0.234 e. The Morgan fingerprint density at radius 1 is 1.17 bits per heavy atom. The van der Waals surface area contributed by atoms with E-state index >= 15 is 0 Å². The van der Waals surface area contributed by atoms with E-state index in [0.717, 1.165) is 30.8 Å². The van der Waals surface area contributed by atoms with Gasteiger partial charge in [-0.1, -0.05) is 23.9 Å². The fourth-order valence-corrected chi connectivity index (χ4v) is 3.74. The summed E-state index contributed by atoms with van der Waals surface area (Å²) in [6.07, 6.45) is 2.70. The van der Waals surface area contributed by atoms with Gasteiger partial charge >= 0.3 is 0 Å². The summed E-state index contributed by atoms with van der Waals surface area (Å²) >= 11 is 1.33. The number of thioether (sulfide) groups is 1. The van der Waals surface area contributed by atoms with Crippen molar-refractivity contribution in [2.45, 2.75) is 31.3 Å². The largest absolute Gasteiger partial charge is 0.497 e. The molecule has 3 rings (SSSR count). The molecule has 0 saturated carbocycles. The van der Waals surface area contributed by atoms with E-state index in [0.29, 0.717) is 16.4 Å². The second kappa shape index (κ2) is 10.2. The van der Waals surface area contributed by atoms with Gasteiger partial charge in [0.15, 0.2) is 5.16 Å². The molecule has 0 atom stereocenters. The summed E-state index contributed by atoms with van der Waals surface area (Å²) in [4.78, 5) is 12.2. The number of hydrogen-bond donors (Lipinski definition) is 1. The van der Waals surface area contributed by atoms with Gasteiger partial charge in [0.1, 0.15) is 17.4 Å². The highest BCUT2D eigenvalue weighted by atomic mass is 32.2. The van der Waals surface area contributed by atoms with Crippen molar-refractivity contribution >= 4 is 23.4 Å². The molecule has 30 heavy (non-hydrogen) atoms. The van der Waals surface area contributed by atoms with E-state index in [4.69, 9.17) is 4.74 Å². The second-order valence-corrected chi connectivity index (χ2v) is 7.90. The maximum atomic E-state index is 13.2. The summed E-state index contributed by atoms with van der Waals surface area (Å²) in [6, 6.07) is 12.4. The average molecular weight is 429 g/mol. The van der Waals surface area contributed by atoms with E-state index in [1.54, 1.807) is 20.1 Å². The molecule has 1 heterocycles. The Morgan fingerprint density at radius 2 is 1.93 bits per heavy atom. The van der Waals surface area contributed by atoms with Crippen LogP contribution in [0, 0.1) is 12.7 Å². The number of nitrogens with zero attached hydrogens (tertiary/aromatic N) is 3. The minimum atomic E-state index is -0.321. The van der Waals surface area contributed by atoms with Crippen LogP contribution in [-0.4, -0.2) is 33.5 Å². The van der Waals surface area contributed by atoms with Crippen LogP contribution in [-0.2, 0) is 24.7 Å². The Bertz CT molecular complexity index is 1000. The lowest BCUT2D eigenvalue weighted by molar-refractivity contribution is -0.113. The molecule has 3 aromatic rings. The predicted octanol–water partition coefficient (Wildman–Crippen LogP) is 4.18. The van der Waals surface area contributed by atoms with Gasteiger partial charge in [0, 0.05) is 19.2 Å². The molecule has 0 bridgehead atoms. The number of aryl methyl sites for hydroxylation is 3. The van der Waals surface area contributed by atoms with E-state index in [2.05, 4.69) is 27.6 Å². The van der Waals surface area contributed by atoms with Crippen LogP contribution >= 0.6 is 11.8 Å². The lowest BCUT2D eigenvalue weighted by Crippen LogP contribution is -2.15. The fraction of sp³-hybridized carbons (Fsp3) is 0.318. The number of benzene rings is 2. The number of rotatable bonds is 9. The predicted molar refractivity (Wildman–Crippen MR) is 117 cm³/mol. The normalized spacial score (nSPS) is 10.8. The highest BCUT2D eigenvalue weighted by Gasteiger charge is 2.12. The Kier molecular flexibility index (Phi) is 7.46. The van der Waals surface area contributed by atoms with Crippen molar-refractivity contribution < 1.29 is 13.9 Å². The van der Waals surface area contributed by atoms with Gasteiger partial charge in [-0.3, -0.25) is 4.79 Å². The van der Waals surface area contributed by atoms with Crippen molar-refractivity contribution in [3.8, 4) is 5.75 Å². The number of aromatic nitrogens is 3. The Labute approximate surface area is 179 Å². The molecule has 1 amide bonds. The lowest BCUT2D eigenvalue weighted by Gasteiger charge is -2.08. The zero-order valence-corrected chi connectivity index (χ0v) is 18.1. The number of ether oxygens (including phenoxy) is 1. The summed E-state index contributed by atoms with van der Waals surface area (Å²) in [7, 11) is 3.57. The molecule has 6 nitrogen and oxygen atoms in total. The maximum absolute atomic E-state index is 13.2. The second-order valence-electron chi connectivity index (χ2n) is 6.96. The van der Waals surface area contributed by atoms with Crippen molar-refractivity contribution in [3.63, 3.8) is 0 Å². The molecule has 0 aliphatic rings. The summed E-state index contributed by atoms with van der Waals surface area (Å²) in [5.74, 6) is 1.46. The van der Waals surface area contributed by atoms with Gasteiger partial charge in [-0.05, 0) is 61.2 Å². The minimum absolute atomic E-state index is 0.168. The summed E-state index contributed by atoms with van der Waals surface area (Å²) in [5, 5.41) is 12.0. The first-order valence-corrected chi connectivity index (χ1v) is 10.6. The molecule has 1 N–H and O–H groups in total. The SMILES string of the molecule is COc1ccc(CCCc2nnc(SCC(=O)Nc3ccc(F)cc3C)n2C)cc1. The van der Waals surface area contributed by atoms with Gasteiger partial charge in [-0.15, -0.1) is 10.2 Å². The quantitative estimate of drug-likeness (QED) is 0.518. The van der Waals surface area contributed by atoms with Crippen LogP contribution in [0.1, 0.15) is 23.4 Å². The third-order valence-corrected chi connectivity index (χ3v) is 5.77. The molecular formula is C22H25FN4O2S. The number of anilines is 1. The van der Waals surface area contributed by atoms with Crippen LogP contribution in [0.15, 0.2) is 47.6 Å². The average Bonchev–Trinajstić information content (AvgIpc) is 3.09. The van der Waals surface area contributed by atoms with Crippen LogP contribution in [0.5, 0.6) is 5.75 Å². The summed E-state index contributed by atoms with van der Waals surface area (Å²) in [6.45, 7) is 1.76. The van der Waals surface area contributed by atoms with E-state index < -0.39 is 0 Å². The molecule has 8 heteroatoms. The summed E-state index contributed by atoms with van der Waals surface area (Å²) < 4.78 is 20.3. The smallest absolute Gasteiger partial charge is 0.234 e. The van der Waals surface area contributed by atoms with Gasteiger partial charge in [-0.25, -0.2) is 4.39 Å². The Balaban J connectivity index is 1.47. The van der Waals surface area contributed by atoms with E-state index in [1.807, 2.05) is 23.7 Å². The van der Waals surface area contributed by atoms with Crippen molar-refractivity contribution in [1.29, 1.82) is 0 Å². The molecule has 0 aliphatic heterocycles. The summed E-state index contributed by atoms with van der Waals surface area (Å²) in [5.41, 5.74) is 2.55. The number of halogens is 1. The van der Waals surface area contributed by atoms with Gasteiger partial charge in [0.05, 0.1) is 12.9 Å². The molecule has 0 unspecified atom stereocenters. The molecule has 0 saturated heterocycles. The molecule has 0 radical (unpaired) electrons. The molecule has 0 fully saturated rings. The topological polar surface area (TPSA) is 69.0 Å². The van der Waals surface area contributed by atoms with Crippen LogP contribution < -0.4 is 10.1 Å². The molecule has 158 valence electrons. The fourth-order valence-electron chi connectivity index (χ4n) is 3.02. The zero-order valence-electron chi connectivity index (χ0n) is 17.3. The molecule has 0 spiro atoms. The van der Waals surface area contributed by atoms with Gasteiger partial charge in [0.2, 0.25) is 5.91 Å². The number of nitrogens with one attached hydrogen (secondary N) is 1. The number of hydrogen-bond acceptors (Lipinski definition) is 5. The first-order valence-electron chi connectivity index (χ1n) is 9.66. The third kappa shape index (κ3) is 5.82. The highest BCUT2D eigenvalue weighted by Crippen LogP contribution is 2.20. The Hall–Kier alpha value is -2.87. The van der Waals surface area contributed by atoms with Crippen molar-refractivity contribution in [2.24, 2.45) is 7.05 Å². The highest BCUT2D eigenvalue weighted by molar-refractivity contribution is 7.99. The van der Waals surface area contributed by atoms with E-state index in [9.17, 15) is 9.18 Å². The number of carbonyl (C=O) groups is 1. The zero-order chi connectivity index (χ0) is 21.5. The Morgan fingerprint density at radius 3 is 2.63 bits per heavy atom. The lowest BCUT2D eigenvalue weighted by atomic mass is 10.1. The van der Waals surface area contributed by atoms with Crippen molar-refractivity contribution in [3.05, 3.63) is 65.2 Å². The number of amides is 1. The number of carbonyl (C=O) groups excluding carboxylic acids is 1. The first kappa shape index (κ1) is 21.8. The molecule has 0 aliphatic carbocycles.